The second kappa shape index (κ2) is 5.40. The van der Waals surface area contributed by atoms with Gasteiger partial charge < -0.3 is 9.47 Å². The molecule has 8 heteroatoms. The fourth-order valence-electron chi connectivity index (χ4n) is 2.62. The molecule has 0 bridgehead atoms. The molecule has 5 nitrogen and oxygen atoms in total. The highest BCUT2D eigenvalue weighted by molar-refractivity contribution is 5.76. The van der Waals surface area contributed by atoms with Gasteiger partial charge in [0.2, 0.25) is 0 Å². The Balaban J connectivity index is 1.40. The molecule has 124 valence electrons. The summed E-state index contributed by atoms with van der Waals surface area (Å²) < 4.78 is 50.5. The van der Waals surface area contributed by atoms with Crippen LogP contribution in [0.5, 0.6) is 11.8 Å². The maximum Gasteiger partial charge on any atom is 0.433 e. The lowest BCUT2D eigenvalue weighted by molar-refractivity contribution is -0.141. The number of fused-ring (bicyclic) bond motifs is 3. The van der Waals surface area contributed by atoms with Crippen molar-refractivity contribution in [3.63, 3.8) is 0 Å². The molecule has 3 heterocycles. The van der Waals surface area contributed by atoms with Crippen LogP contribution in [-0.2, 0) is 12.7 Å². The van der Waals surface area contributed by atoms with Gasteiger partial charge in [0.15, 0.2) is 6.10 Å². The molecule has 0 unspecified atom stereocenters. The first-order chi connectivity index (χ1) is 11.5. The lowest BCUT2D eigenvalue weighted by Crippen LogP contribution is -2.23. The number of alkyl halides is 3. The molecule has 0 amide bonds. The fourth-order valence-corrected chi connectivity index (χ4v) is 2.62. The van der Waals surface area contributed by atoms with E-state index in [2.05, 4.69) is 9.97 Å². The molecule has 4 rings (SSSR count). The largest absolute Gasteiger partial charge is 0.488 e. The van der Waals surface area contributed by atoms with Crippen LogP contribution in [0.4, 0.5) is 13.2 Å². The highest BCUT2D eigenvalue weighted by Gasteiger charge is 2.32. The smallest absolute Gasteiger partial charge is 0.433 e. The average Bonchev–Trinajstić information content (AvgIpc) is 3.10. The number of hydrogen-bond donors (Lipinski definition) is 0. The molecule has 0 aliphatic carbocycles. The summed E-state index contributed by atoms with van der Waals surface area (Å²) in [7, 11) is 0. The summed E-state index contributed by atoms with van der Waals surface area (Å²) in [4.78, 5) is 7.74. The van der Waals surface area contributed by atoms with Gasteiger partial charge in [-0.3, -0.25) is 4.57 Å². The Kier molecular flexibility index (Phi) is 3.33. The molecule has 3 aromatic rings. The summed E-state index contributed by atoms with van der Waals surface area (Å²) in [6.07, 6.45) is -3.64. The minimum absolute atomic E-state index is 0.199. The van der Waals surface area contributed by atoms with Crippen LogP contribution < -0.4 is 9.47 Å². The number of para-hydroxylation sites is 2. The maximum atomic E-state index is 12.5. The van der Waals surface area contributed by atoms with Crippen molar-refractivity contribution in [1.29, 1.82) is 0 Å². The molecule has 0 radical (unpaired) electrons. The third-order valence-electron chi connectivity index (χ3n) is 3.74. The number of pyridine rings is 1. The fraction of sp³-hybridized carbons (Fsp3) is 0.250. The topological polar surface area (TPSA) is 49.2 Å². The van der Waals surface area contributed by atoms with Gasteiger partial charge in [-0.25, -0.2) is 4.98 Å². The first kappa shape index (κ1) is 14.8. The predicted octanol–water partition coefficient (Wildman–Crippen LogP) is 3.29. The Morgan fingerprint density at radius 2 is 2.04 bits per heavy atom. The van der Waals surface area contributed by atoms with Crippen molar-refractivity contribution in [2.24, 2.45) is 0 Å². The third kappa shape index (κ3) is 2.64. The number of rotatable bonds is 3. The monoisotopic (exact) mass is 335 g/mol. The van der Waals surface area contributed by atoms with Gasteiger partial charge in [0, 0.05) is 0 Å². The van der Waals surface area contributed by atoms with Gasteiger partial charge in [-0.05, 0) is 24.3 Å². The molecule has 24 heavy (non-hydrogen) atoms. The van der Waals surface area contributed by atoms with E-state index >= 15 is 0 Å². The number of halogens is 3. The van der Waals surface area contributed by atoms with Gasteiger partial charge in [-0.15, -0.1) is 0 Å². The van der Waals surface area contributed by atoms with E-state index in [0.717, 1.165) is 23.3 Å². The third-order valence-corrected chi connectivity index (χ3v) is 3.74. The number of nitrogens with zero attached hydrogens (tertiary/aromatic N) is 3. The molecular formula is C16H12F3N3O2. The molecule has 1 aliphatic heterocycles. The minimum atomic E-state index is -4.46. The highest BCUT2D eigenvalue weighted by atomic mass is 19.4. The second-order valence-corrected chi connectivity index (χ2v) is 5.42. The Morgan fingerprint density at radius 1 is 1.21 bits per heavy atom. The Labute approximate surface area is 134 Å². The van der Waals surface area contributed by atoms with E-state index in [9.17, 15) is 13.2 Å². The standard InChI is InChI=1S/C16H12F3N3O2/c17-16(18,19)14-6-5-10(7-20-14)23-9-11-8-22-13-4-2-1-3-12(13)21-15(22)24-11/h1-7,11H,8-9H2/t11-/m0/s1. The summed E-state index contributed by atoms with van der Waals surface area (Å²) in [5.74, 6) is 0.265. The van der Waals surface area contributed by atoms with Crippen molar-refractivity contribution in [2.45, 2.75) is 18.8 Å². The van der Waals surface area contributed by atoms with Crippen molar-refractivity contribution < 1.29 is 22.6 Å². The van der Waals surface area contributed by atoms with Gasteiger partial charge in [0.1, 0.15) is 18.1 Å². The second-order valence-electron chi connectivity index (χ2n) is 5.42. The molecule has 0 saturated carbocycles. The number of imidazole rings is 1. The molecule has 0 spiro atoms. The zero-order valence-corrected chi connectivity index (χ0v) is 12.3. The molecular weight excluding hydrogens is 323 g/mol. The Morgan fingerprint density at radius 3 is 2.79 bits per heavy atom. The normalized spacial score (nSPS) is 16.9. The van der Waals surface area contributed by atoms with Gasteiger partial charge in [-0.2, -0.15) is 18.2 Å². The molecule has 0 fully saturated rings. The van der Waals surface area contributed by atoms with Gasteiger partial charge in [-0.1, -0.05) is 12.1 Å². The molecule has 1 aromatic carbocycles. The van der Waals surface area contributed by atoms with Crippen LogP contribution in [0, 0.1) is 0 Å². The van der Waals surface area contributed by atoms with E-state index < -0.39 is 11.9 Å². The SMILES string of the molecule is FC(F)(F)c1ccc(OC[C@@H]2Cn3c(nc4ccccc43)O2)cn1. The van der Waals surface area contributed by atoms with Crippen molar-refractivity contribution >= 4 is 11.0 Å². The summed E-state index contributed by atoms with van der Waals surface area (Å²) in [5, 5.41) is 0. The van der Waals surface area contributed by atoms with Gasteiger partial charge in [0.05, 0.1) is 23.8 Å². The summed E-state index contributed by atoms with van der Waals surface area (Å²) in [6, 6.07) is 10.4. The number of aromatic nitrogens is 3. The van der Waals surface area contributed by atoms with Crippen LogP contribution in [0.25, 0.3) is 11.0 Å². The minimum Gasteiger partial charge on any atom is -0.488 e. The first-order valence-electron chi connectivity index (χ1n) is 7.29. The summed E-state index contributed by atoms with van der Waals surface area (Å²) in [6.45, 7) is 0.772. The van der Waals surface area contributed by atoms with Crippen LogP contribution in [0.2, 0.25) is 0 Å². The van der Waals surface area contributed by atoms with Crippen molar-refractivity contribution in [3.8, 4) is 11.8 Å². The number of ether oxygens (including phenoxy) is 2. The molecule has 1 atom stereocenters. The zero-order chi connectivity index (χ0) is 16.7. The van der Waals surface area contributed by atoms with E-state index in [0.29, 0.717) is 12.6 Å². The van der Waals surface area contributed by atoms with Crippen molar-refractivity contribution in [3.05, 3.63) is 48.3 Å². The van der Waals surface area contributed by atoms with Gasteiger partial charge >= 0.3 is 6.18 Å². The Bertz CT molecular complexity index is 874. The summed E-state index contributed by atoms with van der Waals surface area (Å²) >= 11 is 0. The molecule has 2 aromatic heterocycles. The lowest BCUT2D eigenvalue weighted by atomic mass is 10.3. The van der Waals surface area contributed by atoms with E-state index in [1.54, 1.807) is 0 Å². The van der Waals surface area contributed by atoms with Crippen LogP contribution >= 0.6 is 0 Å². The number of benzene rings is 1. The van der Waals surface area contributed by atoms with Crippen molar-refractivity contribution in [1.82, 2.24) is 14.5 Å². The van der Waals surface area contributed by atoms with E-state index in [4.69, 9.17) is 9.47 Å². The quantitative estimate of drug-likeness (QED) is 0.737. The van der Waals surface area contributed by atoms with Crippen LogP contribution in [0.15, 0.2) is 42.6 Å². The maximum absolute atomic E-state index is 12.5. The van der Waals surface area contributed by atoms with Gasteiger partial charge in [0.25, 0.3) is 6.01 Å². The molecule has 0 saturated heterocycles. The van der Waals surface area contributed by atoms with E-state index in [-0.39, 0.29) is 18.5 Å². The Hall–Kier alpha value is -2.77. The highest BCUT2D eigenvalue weighted by Crippen LogP contribution is 2.29. The predicted molar refractivity (Wildman–Crippen MR) is 78.9 cm³/mol. The number of hydrogen-bond acceptors (Lipinski definition) is 4. The summed E-state index contributed by atoms with van der Waals surface area (Å²) in [5.41, 5.74) is 0.892. The average molecular weight is 335 g/mol. The first-order valence-corrected chi connectivity index (χ1v) is 7.29. The van der Waals surface area contributed by atoms with E-state index in [1.807, 2.05) is 28.8 Å². The zero-order valence-electron chi connectivity index (χ0n) is 12.3. The lowest BCUT2D eigenvalue weighted by Gasteiger charge is -2.12. The van der Waals surface area contributed by atoms with E-state index in [1.165, 1.54) is 6.07 Å². The van der Waals surface area contributed by atoms with Crippen LogP contribution in [0.3, 0.4) is 0 Å². The molecule has 1 aliphatic rings. The molecule has 0 N–H and O–H groups in total. The van der Waals surface area contributed by atoms with Crippen LogP contribution in [-0.4, -0.2) is 27.2 Å². The van der Waals surface area contributed by atoms with Crippen molar-refractivity contribution in [2.75, 3.05) is 6.61 Å². The van der Waals surface area contributed by atoms with Crippen LogP contribution in [0.1, 0.15) is 5.69 Å².